The Morgan fingerprint density at radius 1 is 1.14 bits per heavy atom. The molecule has 0 aromatic rings. The van der Waals surface area contributed by atoms with E-state index in [0.29, 0.717) is 0 Å². The zero-order valence-corrected chi connectivity index (χ0v) is 7.81. The minimum Gasteiger partial charge on any atom is -0.759 e. The van der Waals surface area contributed by atoms with Crippen LogP contribution in [0.3, 0.4) is 0 Å². The first kappa shape index (κ1) is 15.9. The van der Waals surface area contributed by atoms with Crippen LogP contribution < -0.4 is 0 Å². The SMILES string of the molecule is O=S(=O)([O-])[O-].[Cu+2].[Nd+3]. The normalized spacial score (nSPS) is 8.29. The molecular formula is CuNdO4S+3. The van der Waals surface area contributed by atoms with Crippen molar-refractivity contribution in [3.05, 3.63) is 0 Å². The average Bonchev–Trinajstić information content (AvgIpc) is 0.722. The van der Waals surface area contributed by atoms with Gasteiger partial charge in [-0.15, -0.1) is 0 Å². The zero-order valence-electron chi connectivity index (χ0n) is 2.84. The van der Waals surface area contributed by atoms with Gasteiger partial charge in [-0.25, -0.2) is 0 Å². The van der Waals surface area contributed by atoms with Crippen LogP contribution >= 0.6 is 0 Å². The van der Waals surface area contributed by atoms with E-state index < -0.39 is 10.4 Å². The molecule has 0 aromatic carbocycles. The van der Waals surface area contributed by atoms with Gasteiger partial charge in [-0.05, 0) is 0 Å². The van der Waals surface area contributed by atoms with Crippen molar-refractivity contribution in [2.75, 3.05) is 0 Å². The van der Waals surface area contributed by atoms with E-state index in [0.717, 1.165) is 0 Å². The molecule has 7 heteroatoms. The van der Waals surface area contributed by atoms with Crippen molar-refractivity contribution in [1.82, 2.24) is 0 Å². The maximum Gasteiger partial charge on any atom is 3.00 e. The summed E-state index contributed by atoms with van der Waals surface area (Å²) in [6, 6.07) is 0. The molecule has 0 aliphatic heterocycles. The topological polar surface area (TPSA) is 80.3 Å². The first-order valence-electron chi connectivity index (χ1n) is 0.667. The fourth-order valence-corrected chi connectivity index (χ4v) is 0. The van der Waals surface area contributed by atoms with Gasteiger partial charge >= 0.3 is 57.9 Å². The number of rotatable bonds is 0. The molecule has 0 bridgehead atoms. The van der Waals surface area contributed by atoms with Crippen LogP contribution in [-0.2, 0) is 27.5 Å². The van der Waals surface area contributed by atoms with Crippen molar-refractivity contribution in [3.8, 4) is 0 Å². The molecule has 42 valence electrons. The van der Waals surface area contributed by atoms with Crippen LogP contribution in [0.4, 0.5) is 0 Å². The molecule has 0 N–H and O–H groups in total. The summed E-state index contributed by atoms with van der Waals surface area (Å²) in [4.78, 5) is 0. The van der Waals surface area contributed by atoms with Crippen molar-refractivity contribution in [3.63, 3.8) is 0 Å². The van der Waals surface area contributed by atoms with Gasteiger partial charge in [0, 0.05) is 10.4 Å². The summed E-state index contributed by atoms with van der Waals surface area (Å²) >= 11 is 0. The third-order valence-electron chi connectivity index (χ3n) is 0. The summed E-state index contributed by atoms with van der Waals surface area (Å²) in [7, 11) is -5.17. The molecule has 0 aliphatic rings. The van der Waals surface area contributed by atoms with E-state index in [1.807, 2.05) is 0 Å². The zero-order chi connectivity index (χ0) is 4.50. The van der Waals surface area contributed by atoms with Crippen LogP contribution in [-0.4, -0.2) is 17.5 Å². The second kappa shape index (κ2) is 5.87. The Kier molecular flexibility index (Phi) is 13.3. The van der Waals surface area contributed by atoms with Crippen LogP contribution in [0, 0.1) is 40.8 Å². The minimum absolute atomic E-state index is 0. The molecule has 0 saturated heterocycles. The van der Waals surface area contributed by atoms with Gasteiger partial charge in [0.1, 0.15) is 0 Å². The van der Waals surface area contributed by atoms with Crippen molar-refractivity contribution < 1.29 is 75.4 Å². The third kappa shape index (κ3) is 84.2. The summed E-state index contributed by atoms with van der Waals surface area (Å²) in [5, 5.41) is 0. The summed E-state index contributed by atoms with van der Waals surface area (Å²) in [5.41, 5.74) is 0. The summed E-state index contributed by atoms with van der Waals surface area (Å²) in [6.07, 6.45) is 0. The predicted molar refractivity (Wildman–Crippen MR) is 10.5 cm³/mol. The summed E-state index contributed by atoms with van der Waals surface area (Å²) < 4.78 is 34.1. The molecule has 0 rings (SSSR count). The van der Waals surface area contributed by atoms with Crippen LogP contribution in [0.15, 0.2) is 0 Å². The van der Waals surface area contributed by atoms with Crippen molar-refractivity contribution in [1.29, 1.82) is 0 Å². The molecule has 0 amide bonds. The van der Waals surface area contributed by atoms with Gasteiger partial charge in [-0.2, -0.15) is 0 Å². The average molecular weight is 304 g/mol. The van der Waals surface area contributed by atoms with E-state index in [1.165, 1.54) is 0 Å². The van der Waals surface area contributed by atoms with E-state index in [9.17, 15) is 0 Å². The molecule has 0 aliphatic carbocycles. The molecule has 0 fully saturated rings. The second-order valence-electron chi connectivity index (χ2n) is 0.408. The van der Waals surface area contributed by atoms with Crippen LogP contribution in [0.5, 0.6) is 0 Å². The van der Waals surface area contributed by atoms with Gasteiger partial charge in [0.25, 0.3) is 0 Å². The van der Waals surface area contributed by atoms with Gasteiger partial charge in [-0.1, -0.05) is 0 Å². The fourth-order valence-electron chi connectivity index (χ4n) is 0. The Morgan fingerprint density at radius 3 is 1.14 bits per heavy atom. The van der Waals surface area contributed by atoms with Crippen LogP contribution in [0.1, 0.15) is 0 Å². The molecular weight excluding hydrogens is 304 g/mol. The molecule has 0 heterocycles. The van der Waals surface area contributed by atoms with Gasteiger partial charge < -0.3 is 9.11 Å². The minimum atomic E-state index is -5.17. The number of hydrogen-bond donors (Lipinski definition) is 0. The quantitative estimate of drug-likeness (QED) is 0.315. The van der Waals surface area contributed by atoms with Gasteiger partial charge in [-0.3, -0.25) is 8.42 Å². The monoisotopic (exact) mass is 301 g/mol. The molecule has 0 spiro atoms. The Balaban J connectivity index is -0.0000000800. The fraction of sp³-hybridized carbons (Fsp3) is 0. The van der Waals surface area contributed by atoms with Crippen LogP contribution in [0.2, 0.25) is 0 Å². The Labute approximate surface area is 84.6 Å². The maximum atomic E-state index is 8.52. The Hall–Kier alpha value is 1.74. The van der Waals surface area contributed by atoms with E-state index in [4.69, 9.17) is 17.5 Å². The molecule has 0 unspecified atom stereocenters. The van der Waals surface area contributed by atoms with E-state index >= 15 is 0 Å². The molecule has 7 heavy (non-hydrogen) atoms. The van der Waals surface area contributed by atoms with Crippen LogP contribution in [0.25, 0.3) is 0 Å². The first-order chi connectivity index (χ1) is 2.00. The van der Waals surface area contributed by atoms with E-state index in [1.54, 1.807) is 0 Å². The standard InChI is InChI=1S/Cu.Nd.H2O4S/c;;1-5(2,3)4/h;;(H2,1,2,3,4)/q+2;+3;/p-2. The maximum absolute atomic E-state index is 8.52. The Morgan fingerprint density at radius 2 is 1.14 bits per heavy atom. The smallest absolute Gasteiger partial charge is 0.759 e. The molecule has 4 nitrogen and oxygen atoms in total. The van der Waals surface area contributed by atoms with Gasteiger partial charge in [0.2, 0.25) is 0 Å². The van der Waals surface area contributed by atoms with Crippen molar-refractivity contribution in [2.24, 2.45) is 0 Å². The molecule has 0 aromatic heterocycles. The van der Waals surface area contributed by atoms with Gasteiger partial charge in [0.15, 0.2) is 0 Å². The van der Waals surface area contributed by atoms with Gasteiger partial charge in [0.05, 0.1) is 0 Å². The molecule has 0 saturated carbocycles. The van der Waals surface area contributed by atoms with Crippen molar-refractivity contribution in [2.45, 2.75) is 0 Å². The predicted octanol–water partition coefficient (Wildman–Crippen LogP) is -1.34. The van der Waals surface area contributed by atoms with E-state index in [2.05, 4.69) is 0 Å². The largest absolute Gasteiger partial charge is 3.00 e. The second-order valence-corrected chi connectivity index (χ2v) is 1.22. The summed E-state index contributed by atoms with van der Waals surface area (Å²) in [5.74, 6) is 0. The summed E-state index contributed by atoms with van der Waals surface area (Å²) in [6.45, 7) is 0. The molecule has 2 radical (unpaired) electrons. The molecule has 0 atom stereocenters. The first-order valence-corrected chi connectivity index (χ1v) is 2.00. The van der Waals surface area contributed by atoms with Crippen molar-refractivity contribution >= 4 is 10.4 Å². The van der Waals surface area contributed by atoms with E-state index in [-0.39, 0.29) is 57.9 Å². The Bertz CT molecular complexity index is 94.9. The third-order valence-corrected chi connectivity index (χ3v) is 0. The number of hydrogen-bond acceptors (Lipinski definition) is 4.